The van der Waals surface area contributed by atoms with E-state index in [-0.39, 0.29) is 4.90 Å². The first kappa shape index (κ1) is 18.0. The zero-order chi connectivity index (χ0) is 16.9. The molecule has 0 saturated carbocycles. The average Bonchev–Trinajstić information content (AvgIpc) is 3.02. The molecule has 1 aromatic heterocycles. The van der Waals surface area contributed by atoms with Crippen LogP contribution in [-0.2, 0) is 16.6 Å². The molecule has 23 heavy (non-hydrogen) atoms. The van der Waals surface area contributed by atoms with Crippen LogP contribution in [0.3, 0.4) is 0 Å². The van der Waals surface area contributed by atoms with Gasteiger partial charge in [0.05, 0.1) is 6.61 Å². The Morgan fingerprint density at radius 2 is 2.00 bits per heavy atom. The number of sulfonamides is 1. The number of aryl methyl sites for hydroxylation is 1. The van der Waals surface area contributed by atoms with Crippen molar-refractivity contribution in [2.75, 3.05) is 13.2 Å². The molecule has 0 atom stereocenters. The van der Waals surface area contributed by atoms with Crippen molar-refractivity contribution in [2.24, 2.45) is 0 Å². The fraction of sp³-hybridized carbons (Fsp3) is 0.412. The lowest BCUT2D eigenvalue weighted by Crippen LogP contribution is -2.31. The summed E-state index contributed by atoms with van der Waals surface area (Å²) in [4.78, 5) is 0.253. The molecule has 0 unspecified atom stereocenters. The molecule has 0 N–H and O–H groups in total. The lowest BCUT2D eigenvalue weighted by Gasteiger charge is -2.23. The van der Waals surface area contributed by atoms with E-state index < -0.39 is 10.0 Å². The van der Waals surface area contributed by atoms with E-state index in [9.17, 15) is 8.42 Å². The van der Waals surface area contributed by atoms with Gasteiger partial charge in [0.25, 0.3) is 0 Å². The third-order valence-electron chi connectivity index (χ3n) is 3.43. The molecule has 126 valence electrons. The van der Waals surface area contributed by atoms with E-state index in [2.05, 4.69) is 0 Å². The monoisotopic (exact) mass is 353 g/mol. The largest absolute Gasteiger partial charge is 0.492 e. The van der Waals surface area contributed by atoms with Crippen molar-refractivity contribution in [3.63, 3.8) is 0 Å². The van der Waals surface area contributed by atoms with Crippen LogP contribution in [0.25, 0.3) is 0 Å². The number of ether oxygens (including phenoxy) is 1. The third kappa shape index (κ3) is 4.34. The van der Waals surface area contributed by atoms with Gasteiger partial charge in [-0.25, -0.2) is 8.42 Å². The highest BCUT2D eigenvalue weighted by molar-refractivity contribution is 7.89. The molecule has 0 aliphatic rings. The summed E-state index contributed by atoms with van der Waals surface area (Å²) >= 11 is 1.57. The van der Waals surface area contributed by atoms with Crippen LogP contribution in [0, 0.1) is 6.92 Å². The van der Waals surface area contributed by atoms with Crippen LogP contribution < -0.4 is 4.74 Å². The normalized spacial score (nSPS) is 11.8. The van der Waals surface area contributed by atoms with Crippen molar-refractivity contribution < 1.29 is 13.2 Å². The molecule has 4 nitrogen and oxygen atoms in total. The van der Waals surface area contributed by atoms with Crippen molar-refractivity contribution in [3.05, 3.63) is 46.2 Å². The number of nitrogens with zero attached hydrogens (tertiary/aromatic N) is 1. The predicted molar refractivity (Wildman–Crippen MR) is 94.6 cm³/mol. The summed E-state index contributed by atoms with van der Waals surface area (Å²) in [5.74, 6) is 0.421. The molecule has 2 rings (SSSR count). The fourth-order valence-corrected chi connectivity index (χ4v) is 4.75. The van der Waals surface area contributed by atoms with Gasteiger partial charge in [-0.15, -0.1) is 0 Å². The van der Waals surface area contributed by atoms with Gasteiger partial charge in [-0.05, 0) is 60.4 Å². The van der Waals surface area contributed by atoms with Gasteiger partial charge in [-0.1, -0.05) is 13.0 Å². The molecular formula is C17H23NO3S2. The van der Waals surface area contributed by atoms with Crippen molar-refractivity contribution in [3.8, 4) is 5.75 Å². The van der Waals surface area contributed by atoms with Crippen LogP contribution in [0.5, 0.6) is 5.75 Å². The Morgan fingerprint density at radius 3 is 2.61 bits per heavy atom. The number of hydrogen-bond acceptors (Lipinski definition) is 4. The Kier molecular flexibility index (Phi) is 6.21. The zero-order valence-corrected chi connectivity index (χ0v) is 15.4. The zero-order valence-electron chi connectivity index (χ0n) is 13.8. The topological polar surface area (TPSA) is 46.6 Å². The first-order valence-electron chi connectivity index (χ1n) is 7.73. The van der Waals surface area contributed by atoms with Crippen LogP contribution in [0.1, 0.15) is 31.4 Å². The molecule has 0 bridgehead atoms. The smallest absolute Gasteiger partial charge is 0.247 e. The molecule has 0 radical (unpaired) electrons. The highest BCUT2D eigenvalue weighted by Gasteiger charge is 2.27. The summed E-state index contributed by atoms with van der Waals surface area (Å²) in [6, 6.07) is 7.26. The summed E-state index contributed by atoms with van der Waals surface area (Å²) in [5, 5.41) is 3.95. The van der Waals surface area contributed by atoms with Crippen LogP contribution >= 0.6 is 11.3 Å². The Labute approximate surface area is 142 Å². The highest BCUT2D eigenvalue weighted by atomic mass is 32.2. The first-order chi connectivity index (χ1) is 11.0. The molecule has 1 aromatic carbocycles. The summed E-state index contributed by atoms with van der Waals surface area (Å²) in [6.45, 7) is 7.03. The standard InChI is InChI=1S/C17H23NO3S2/c1-4-9-18(12-15-8-10-22-13-15)23(19,20)17-11-14(3)6-7-16(17)21-5-2/h6-8,10-11,13H,4-5,9,12H2,1-3H3. The minimum Gasteiger partial charge on any atom is -0.492 e. The molecule has 0 amide bonds. The lowest BCUT2D eigenvalue weighted by atomic mass is 10.2. The minimum absolute atomic E-state index is 0.253. The van der Waals surface area contributed by atoms with Crippen molar-refractivity contribution in [2.45, 2.75) is 38.6 Å². The van der Waals surface area contributed by atoms with Crippen LogP contribution in [-0.4, -0.2) is 25.9 Å². The molecule has 1 heterocycles. The third-order valence-corrected chi connectivity index (χ3v) is 6.03. The Morgan fingerprint density at radius 1 is 1.22 bits per heavy atom. The number of hydrogen-bond donors (Lipinski definition) is 0. The van der Waals surface area contributed by atoms with Gasteiger partial charge in [0.15, 0.2) is 0 Å². The summed E-state index contributed by atoms with van der Waals surface area (Å²) in [5.41, 5.74) is 1.91. The van der Waals surface area contributed by atoms with Crippen molar-refractivity contribution in [1.82, 2.24) is 4.31 Å². The van der Waals surface area contributed by atoms with Gasteiger partial charge in [-0.3, -0.25) is 0 Å². The second-order valence-electron chi connectivity index (χ2n) is 5.35. The van der Waals surface area contributed by atoms with Crippen molar-refractivity contribution >= 4 is 21.4 Å². The number of thiophene rings is 1. The molecule has 0 aliphatic heterocycles. The van der Waals surface area contributed by atoms with Crippen LogP contribution in [0.4, 0.5) is 0 Å². The van der Waals surface area contributed by atoms with E-state index in [4.69, 9.17) is 4.74 Å². The summed E-state index contributed by atoms with van der Waals surface area (Å²) in [6.07, 6.45) is 0.763. The van der Waals surface area contributed by atoms with Gasteiger partial charge in [0, 0.05) is 13.1 Å². The molecule has 0 aliphatic carbocycles. The SMILES string of the molecule is CCCN(Cc1ccsc1)S(=O)(=O)c1cc(C)ccc1OCC. The number of benzene rings is 1. The van der Waals surface area contributed by atoms with E-state index >= 15 is 0 Å². The minimum atomic E-state index is -3.60. The second kappa shape index (κ2) is 7.95. The van der Waals surface area contributed by atoms with Gasteiger partial charge in [0.2, 0.25) is 10.0 Å². The molecule has 2 aromatic rings. The maximum absolute atomic E-state index is 13.1. The molecule has 6 heteroatoms. The second-order valence-corrected chi connectivity index (χ2v) is 8.04. The van der Waals surface area contributed by atoms with E-state index in [0.717, 1.165) is 17.5 Å². The Bertz CT molecular complexity index is 724. The first-order valence-corrected chi connectivity index (χ1v) is 10.1. The summed E-state index contributed by atoms with van der Waals surface area (Å²) in [7, 11) is -3.60. The Hall–Kier alpha value is -1.37. The lowest BCUT2D eigenvalue weighted by molar-refractivity contribution is 0.328. The fourth-order valence-electron chi connectivity index (χ4n) is 2.35. The molecule has 0 saturated heterocycles. The van der Waals surface area contributed by atoms with Crippen molar-refractivity contribution in [1.29, 1.82) is 0 Å². The van der Waals surface area contributed by atoms with Crippen LogP contribution in [0.2, 0.25) is 0 Å². The highest BCUT2D eigenvalue weighted by Crippen LogP contribution is 2.29. The van der Waals surface area contributed by atoms with E-state index in [1.54, 1.807) is 23.5 Å². The average molecular weight is 354 g/mol. The van der Waals surface area contributed by atoms with Gasteiger partial charge in [0.1, 0.15) is 10.6 Å². The predicted octanol–water partition coefficient (Wildman–Crippen LogP) is 4.06. The Balaban J connectivity index is 2.42. The van der Waals surface area contributed by atoms with E-state index in [0.29, 0.717) is 25.4 Å². The summed E-state index contributed by atoms with van der Waals surface area (Å²) < 4.78 is 33.4. The number of rotatable bonds is 8. The molecule has 0 spiro atoms. The molecule has 0 fully saturated rings. The van der Waals surface area contributed by atoms with E-state index in [1.807, 2.05) is 43.7 Å². The molecular weight excluding hydrogens is 330 g/mol. The van der Waals surface area contributed by atoms with Gasteiger partial charge < -0.3 is 4.74 Å². The van der Waals surface area contributed by atoms with Crippen LogP contribution in [0.15, 0.2) is 39.9 Å². The quantitative estimate of drug-likeness (QED) is 0.719. The maximum Gasteiger partial charge on any atom is 0.247 e. The van der Waals surface area contributed by atoms with Gasteiger partial charge >= 0.3 is 0 Å². The van der Waals surface area contributed by atoms with Gasteiger partial charge in [-0.2, -0.15) is 15.6 Å². The maximum atomic E-state index is 13.1. The van der Waals surface area contributed by atoms with E-state index in [1.165, 1.54) is 4.31 Å².